The van der Waals surface area contributed by atoms with Crippen molar-refractivity contribution in [2.24, 2.45) is 0 Å². The average molecular weight is 250 g/mol. The van der Waals surface area contributed by atoms with Gasteiger partial charge < -0.3 is 0 Å². The van der Waals surface area contributed by atoms with E-state index >= 15 is 0 Å². The van der Waals surface area contributed by atoms with Crippen LogP contribution in [0.25, 0.3) is 0 Å². The Morgan fingerprint density at radius 3 is 2.22 bits per heavy atom. The van der Waals surface area contributed by atoms with E-state index in [1.807, 2.05) is 41.5 Å². The van der Waals surface area contributed by atoms with Gasteiger partial charge in [0.1, 0.15) is 0 Å². The molecule has 0 spiro atoms. The number of nitrogens with zero attached hydrogens (tertiary/aromatic N) is 3. The summed E-state index contributed by atoms with van der Waals surface area (Å²) in [5.41, 5.74) is 3.00. The highest BCUT2D eigenvalue weighted by Gasteiger charge is 2.31. The van der Waals surface area contributed by atoms with Gasteiger partial charge in [-0.2, -0.15) is 5.10 Å². The summed E-state index contributed by atoms with van der Waals surface area (Å²) in [6, 6.07) is 3.37. The molecular formula is C13H22N4O. The van der Waals surface area contributed by atoms with Crippen LogP contribution in [0.1, 0.15) is 52.0 Å². The molecule has 1 heterocycles. The molecule has 0 aliphatic carbocycles. The van der Waals surface area contributed by atoms with E-state index in [9.17, 15) is 4.79 Å². The summed E-state index contributed by atoms with van der Waals surface area (Å²) in [7, 11) is 0. The van der Waals surface area contributed by atoms with E-state index in [0.29, 0.717) is 5.69 Å². The normalized spacial score (nSPS) is 12.3. The third kappa shape index (κ3) is 4.07. The molecule has 0 radical (unpaired) electrons. The number of hydrazine groups is 1. The van der Waals surface area contributed by atoms with Crippen LogP contribution in [-0.2, 0) is 0 Å². The first-order chi connectivity index (χ1) is 8.11. The Bertz CT molecular complexity index is 403. The van der Waals surface area contributed by atoms with Crippen LogP contribution in [0.3, 0.4) is 0 Å². The zero-order valence-corrected chi connectivity index (χ0v) is 12.0. The van der Waals surface area contributed by atoms with Gasteiger partial charge in [-0.1, -0.05) is 0 Å². The summed E-state index contributed by atoms with van der Waals surface area (Å²) >= 11 is 0. The van der Waals surface area contributed by atoms with Crippen LogP contribution >= 0.6 is 0 Å². The number of nitrogens with one attached hydrogen (secondary N) is 1. The van der Waals surface area contributed by atoms with Gasteiger partial charge in [0.25, 0.3) is 5.91 Å². The third-order valence-corrected chi connectivity index (χ3v) is 2.11. The lowest BCUT2D eigenvalue weighted by atomic mass is 10.1. The van der Waals surface area contributed by atoms with Gasteiger partial charge in [-0.3, -0.25) is 9.80 Å². The molecule has 0 fully saturated rings. The Kier molecular flexibility index (Phi) is 4.06. The smallest absolute Gasteiger partial charge is 0.267 e. The fourth-order valence-corrected chi connectivity index (χ4v) is 1.39. The Morgan fingerprint density at radius 1 is 1.22 bits per heavy atom. The Labute approximate surface area is 109 Å². The molecule has 1 amide bonds. The summed E-state index contributed by atoms with van der Waals surface area (Å²) in [5, 5.41) is 9.21. The number of rotatable bonds is 2. The van der Waals surface area contributed by atoms with Crippen molar-refractivity contribution in [2.45, 2.75) is 52.6 Å². The first-order valence-electron chi connectivity index (χ1n) is 6.01. The van der Waals surface area contributed by atoms with Gasteiger partial charge in [-0.05, 0) is 53.7 Å². The predicted molar refractivity (Wildman–Crippen MR) is 70.8 cm³/mol. The molecule has 1 aromatic rings. The molecule has 0 unspecified atom stereocenters. The van der Waals surface area contributed by atoms with Gasteiger partial charge in [-0.25, -0.2) is 5.43 Å². The molecule has 0 atom stereocenters. The first-order valence-corrected chi connectivity index (χ1v) is 6.01. The van der Waals surface area contributed by atoms with Crippen molar-refractivity contribution < 1.29 is 4.79 Å². The molecule has 0 aromatic carbocycles. The number of hydrogen-bond donors (Lipinski definition) is 1. The van der Waals surface area contributed by atoms with Crippen molar-refractivity contribution in [1.82, 2.24) is 20.6 Å². The van der Waals surface area contributed by atoms with Crippen LogP contribution in [-0.4, -0.2) is 32.2 Å². The van der Waals surface area contributed by atoms with E-state index < -0.39 is 0 Å². The topological polar surface area (TPSA) is 58.1 Å². The van der Waals surface area contributed by atoms with Crippen LogP contribution in [0.5, 0.6) is 0 Å². The zero-order valence-electron chi connectivity index (χ0n) is 12.0. The average Bonchev–Trinajstić information content (AvgIpc) is 2.24. The lowest BCUT2D eigenvalue weighted by Crippen LogP contribution is -2.59. The van der Waals surface area contributed by atoms with E-state index in [0.717, 1.165) is 0 Å². The Hall–Kier alpha value is -1.49. The second-order valence-electron chi connectivity index (χ2n) is 6.28. The van der Waals surface area contributed by atoms with E-state index in [4.69, 9.17) is 0 Å². The maximum atomic E-state index is 12.4. The van der Waals surface area contributed by atoms with Gasteiger partial charge in [0.15, 0.2) is 5.69 Å². The second kappa shape index (κ2) is 5.02. The van der Waals surface area contributed by atoms with Crippen LogP contribution in [0.2, 0.25) is 0 Å². The molecule has 1 aromatic heterocycles. The molecule has 100 valence electrons. The van der Waals surface area contributed by atoms with Gasteiger partial charge in [0, 0.05) is 11.7 Å². The minimum atomic E-state index is -0.345. The maximum Gasteiger partial charge on any atom is 0.288 e. The summed E-state index contributed by atoms with van der Waals surface area (Å²) in [5.74, 6) is -0.175. The van der Waals surface area contributed by atoms with Crippen molar-refractivity contribution in [3.05, 3.63) is 24.0 Å². The van der Waals surface area contributed by atoms with Crippen molar-refractivity contribution in [2.75, 3.05) is 0 Å². The fraction of sp³-hybridized carbons (Fsp3) is 0.615. The molecule has 5 heteroatoms. The molecule has 5 nitrogen and oxygen atoms in total. The number of carbonyl (C=O) groups is 1. The summed E-state index contributed by atoms with van der Waals surface area (Å²) < 4.78 is 0. The largest absolute Gasteiger partial charge is 0.288 e. The zero-order chi connectivity index (χ0) is 14.0. The predicted octanol–water partition coefficient (Wildman–Crippen LogP) is 2.02. The van der Waals surface area contributed by atoms with Gasteiger partial charge in [0.05, 0.1) is 5.54 Å². The number of aromatic nitrogens is 2. The van der Waals surface area contributed by atoms with Crippen molar-refractivity contribution in [3.8, 4) is 0 Å². The molecule has 1 rings (SSSR count). The lowest BCUT2D eigenvalue weighted by molar-refractivity contribution is 0.0243. The maximum absolute atomic E-state index is 12.4. The quantitative estimate of drug-likeness (QED) is 0.816. The molecular weight excluding hydrogens is 228 g/mol. The van der Waals surface area contributed by atoms with Crippen LogP contribution in [0.4, 0.5) is 0 Å². The molecule has 0 bridgehead atoms. The van der Waals surface area contributed by atoms with Crippen LogP contribution in [0.15, 0.2) is 18.3 Å². The Morgan fingerprint density at radius 2 is 1.83 bits per heavy atom. The van der Waals surface area contributed by atoms with E-state index in [2.05, 4.69) is 15.6 Å². The monoisotopic (exact) mass is 250 g/mol. The van der Waals surface area contributed by atoms with Crippen molar-refractivity contribution in [3.63, 3.8) is 0 Å². The van der Waals surface area contributed by atoms with Crippen molar-refractivity contribution >= 4 is 5.91 Å². The molecule has 1 N–H and O–H groups in total. The standard InChI is InChI=1S/C13H22N4O/c1-12(2,3)16-17(13(4,5)6)11(18)10-8-7-9-14-15-10/h7-9,16H,1-6H3. The lowest BCUT2D eigenvalue weighted by Gasteiger charge is -2.40. The summed E-state index contributed by atoms with van der Waals surface area (Å²) in [6.07, 6.45) is 1.55. The second-order valence-corrected chi connectivity index (χ2v) is 6.28. The summed E-state index contributed by atoms with van der Waals surface area (Å²) in [4.78, 5) is 12.4. The first kappa shape index (κ1) is 14.6. The number of amides is 1. The van der Waals surface area contributed by atoms with Crippen LogP contribution in [0, 0.1) is 0 Å². The minimum absolute atomic E-state index is 0.175. The Balaban J connectivity index is 3.02. The van der Waals surface area contributed by atoms with Gasteiger partial charge >= 0.3 is 0 Å². The van der Waals surface area contributed by atoms with Gasteiger partial charge in [-0.15, -0.1) is 5.10 Å². The highest BCUT2D eigenvalue weighted by molar-refractivity contribution is 5.92. The van der Waals surface area contributed by atoms with Crippen LogP contribution < -0.4 is 5.43 Å². The van der Waals surface area contributed by atoms with E-state index in [-0.39, 0.29) is 17.0 Å². The molecule has 0 saturated heterocycles. The minimum Gasteiger partial charge on any atom is -0.267 e. The SMILES string of the molecule is CC(C)(C)NN(C(=O)c1cccnn1)C(C)(C)C. The van der Waals surface area contributed by atoms with E-state index in [1.54, 1.807) is 23.3 Å². The van der Waals surface area contributed by atoms with Gasteiger partial charge in [0.2, 0.25) is 0 Å². The highest BCUT2D eigenvalue weighted by Crippen LogP contribution is 2.16. The third-order valence-electron chi connectivity index (χ3n) is 2.11. The summed E-state index contributed by atoms with van der Waals surface area (Å²) in [6.45, 7) is 11.9. The number of hydrogen-bond acceptors (Lipinski definition) is 4. The van der Waals surface area contributed by atoms with E-state index in [1.165, 1.54) is 0 Å². The highest BCUT2D eigenvalue weighted by atomic mass is 16.2. The van der Waals surface area contributed by atoms with Crippen molar-refractivity contribution in [1.29, 1.82) is 0 Å². The molecule has 0 aliphatic heterocycles. The molecule has 0 aliphatic rings. The number of carbonyl (C=O) groups excluding carboxylic acids is 1. The molecule has 0 saturated carbocycles. The molecule has 18 heavy (non-hydrogen) atoms. The fourth-order valence-electron chi connectivity index (χ4n) is 1.39.